The molecule has 2 fully saturated rings. The summed E-state index contributed by atoms with van der Waals surface area (Å²) in [6, 6.07) is 5.14. The topological polar surface area (TPSA) is 61.4 Å². The van der Waals surface area contributed by atoms with E-state index in [0.717, 1.165) is 67.3 Å². The van der Waals surface area contributed by atoms with Gasteiger partial charge in [0.05, 0.1) is 15.6 Å². The van der Waals surface area contributed by atoms with Crippen LogP contribution in [0.1, 0.15) is 38.5 Å². The molecule has 6 nitrogen and oxygen atoms in total. The normalized spacial score (nSPS) is 18.8. The molecule has 2 aliphatic heterocycles. The molecule has 0 radical (unpaired) electrons. The van der Waals surface area contributed by atoms with E-state index in [-0.39, 0.29) is 17.6 Å². The zero-order valence-electron chi connectivity index (χ0n) is 18.4. The fraction of sp³-hybridized carbons (Fsp3) is 0.542. The Labute approximate surface area is 191 Å². The third kappa shape index (κ3) is 4.43. The van der Waals surface area contributed by atoms with Gasteiger partial charge in [0.15, 0.2) is 0 Å². The number of aromatic nitrogens is 2. The standard InChI is InChI=1S/C24H30FN5OS/c25-18-6-5-7-19-20(18)21-22(32-19)23(28-16-27-21)30-13-8-17(9-14-30)24(31)26-10-15-29-11-3-1-2-4-12-29/h5-7,16-17H,1-4,8-15H2,(H,26,31). The maximum Gasteiger partial charge on any atom is 0.223 e. The van der Waals surface area contributed by atoms with E-state index in [1.807, 2.05) is 6.07 Å². The minimum absolute atomic E-state index is 0.0487. The molecule has 0 aliphatic carbocycles. The lowest BCUT2D eigenvalue weighted by Gasteiger charge is -2.32. The van der Waals surface area contributed by atoms with E-state index in [2.05, 4.69) is 25.1 Å². The SMILES string of the molecule is O=C(NCCN1CCCCCC1)C1CCN(c2ncnc3c2sc2cccc(F)c23)CC1. The predicted octanol–water partition coefficient (Wildman–Crippen LogP) is 4.19. The summed E-state index contributed by atoms with van der Waals surface area (Å²) < 4.78 is 16.2. The van der Waals surface area contributed by atoms with Crippen LogP contribution in [-0.2, 0) is 4.79 Å². The number of benzene rings is 1. The van der Waals surface area contributed by atoms with Gasteiger partial charge in [-0.05, 0) is 50.9 Å². The maximum absolute atomic E-state index is 14.4. The van der Waals surface area contributed by atoms with Gasteiger partial charge in [-0.15, -0.1) is 11.3 Å². The average Bonchev–Trinajstić information content (AvgIpc) is 3.01. The van der Waals surface area contributed by atoms with Gasteiger partial charge < -0.3 is 15.1 Å². The predicted molar refractivity (Wildman–Crippen MR) is 128 cm³/mol. The summed E-state index contributed by atoms with van der Waals surface area (Å²) in [5, 5.41) is 3.74. The van der Waals surface area contributed by atoms with E-state index in [1.165, 1.54) is 49.4 Å². The molecule has 4 heterocycles. The average molecular weight is 456 g/mol. The minimum atomic E-state index is -0.242. The Morgan fingerprint density at radius 3 is 2.66 bits per heavy atom. The van der Waals surface area contributed by atoms with E-state index in [4.69, 9.17) is 0 Å². The van der Waals surface area contributed by atoms with Crippen molar-refractivity contribution in [3.63, 3.8) is 0 Å². The smallest absolute Gasteiger partial charge is 0.223 e. The molecule has 32 heavy (non-hydrogen) atoms. The van der Waals surface area contributed by atoms with Gasteiger partial charge in [-0.3, -0.25) is 4.79 Å². The van der Waals surface area contributed by atoms with Gasteiger partial charge in [0.1, 0.15) is 18.0 Å². The second-order valence-corrected chi connectivity index (χ2v) is 9.95. The number of nitrogens with one attached hydrogen (secondary N) is 1. The number of likely N-dealkylation sites (tertiary alicyclic amines) is 1. The molecule has 0 atom stereocenters. The molecule has 0 spiro atoms. The molecule has 3 aromatic rings. The Balaban J connectivity index is 1.19. The summed E-state index contributed by atoms with van der Waals surface area (Å²) in [5.74, 6) is 0.841. The highest BCUT2D eigenvalue weighted by Gasteiger charge is 2.27. The zero-order chi connectivity index (χ0) is 21.9. The number of amides is 1. The summed E-state index contributed by atoms with van der Waals surface area (Å²) in [6.45, 7) is 5.54. The van der Waals surface area contributed by atoms with Crippen LogP contribution in [0.5, 0.6) is 0 Å². The third-order valence-electron chi connectivity index (χ3n) is 6.80. The second-order valence-electron chi connectivity index (χ2n) is 8.90. The molecule has 1 amide bonds. The molecule has 1 aromatic carbocycles. The first-order valence-corrected chi connectivity index (χ1v) is 12.6. The van der Waals surface area contributed by atoms with Gasteiger partial charge in [0, 0.05) is 36.8 Å². The number of hydrogen-bond acceptors (Lipinski definition) is 6. The van der Waals surface area contributed by atoms with Gasteiger partial charge >= 0.3 is 0 Å². The molecule has 170 valence electrons. The highest BCUT2D eigenvalue weighted by molar-refractivity contribution is 7.26. The molecule has 8 heteroatoms. The van der Waals surface area contributed by atoms with Crippen LogP contribution >= 0.6 is 11.3 Å². The van der Waals surface area contributed by atoms with Crippen LogP contribution in [-0.4, -0.2) is 60.0 Å². The van der Waals surface area contributed by atoms with Crippen molar-refractivity contribution in [1.29, 1.82) is 0 Å². The Hall–Kier alpha value is -2.32. The molecule has 0 bridgehead atoms. The highest BCUT2D eigenvalue weighted by Crippen LogP contribution is 2.39. The third-order valence-corrected chi connectivity index (χ3v) is 7.94. The number of carbonyl (C=O) groups is 1. The summed E-state index contributed by atoms with van der Waals surface area (Å²) in [5.41, 5.74) is 0.682. The molecular weight excluding hydrogens is 425 g/mol. The largest absolute Gasteiger partial charge is 0.355 e. The van der Waals surface area contributed by atoms with Gasteiger partial charge in [-0.25, -0.2) is 14.4 Å². The van der Waals surface area contributed by atoms with E-state index >= 15 is 0 Å². The number of thiophene rings is 1. The number of halogens is 1. The molecular formula is C24H30FN5OS. The van der Waals surface area contributed by atoms with Crippen molar-refractivity contribution in [3.05, 3.63) is 30.3 Å². The molecule has 1 N–H and O–H groups in total. The van der Waals surface area contributed by atoms with E-state index in [9.17, 15) is 9.18 Å². The number of anilines is 1. The number of fused-ring (bicyclic) bond motifs is 3. The Morgan fingerprint density at radius 2 is 1.88 bits per heavy atom. The first-order valence-electron chi connectivity index (χ1n) is 11.8. The van der Waals surface area contributed by atoms with E-state index in [1.54, 1.807) is 6.07 Å². The number of nitrogens with zero attached hydrogens (tertiary/aromatic N) is 4. The van der Waals surface area contributed by atoms with Crippen molar-refractivity contribution >= 4 is 43.4 Å². The van der Waals surface area contributed by atoms with Crippen molar-refractivity contribution in [2.24, 2.45) is 5.92 Å². The summed E-state index contributed by atoms with van der Waals surface area (Å²) in [4.78, 5) is 26.3. The fourth-order valence-electron chi connectivity index (χ4n) is 4.99. The number of hydrogen-bond donors (Lipinski definition) is 1. The van der Waals surface area contributed by atoms with Crippen molar-refractivity contribution in [2.45, 2.75) is 38.5 Å². The second kappa shape index (κ2) is 9.67. The molecule has 2 saturated heterocycles. The van der Waals surface area contributed by atoms with Gasteiger partial charge in [0.25, 0.3) is 0 Å². The number of rotatable bonds is 5. The molecule has 2 aliphatic rings. The van der Waals surface area contributed by atoms with E-state index in [0.29, 0.717) is 10.9 Å². The Bertz CT molecular complexity index is 1090. The molecule has 0 saturated carbocycles. The van der Waals surface area contributed by atoms with Crippen molar-refractivity contribution in [1.82, 2.24) is 20.2 Å². The molecule has 5 rings (SSSR count). The van der Waals surface area contributed by atoms with E-state index < -0.39 is 0 Å². The van der Waals surface area contributed by atoms with Gasteiger partial charge in [-0.2, -0.15) is 0 Å². The van der Waals surface area contributed by atoms with Crippen LogP contribution in [0.4, 0.5) is 10.2 Å². The maximum atomic E-state index is 14.4. The Kier molecular flexibility index (Phi) is 6.50. The zero-order valence-corrected chi connectivity index (χ0v) is 19.2. The molecule has 0 unspecified atom stereocenters. The monoisotopic (exact) mass is 455 g/mol. The highest BCUT2D eigenvalue weighted by atomic mass is 32.1. The quantitative estimate of drug-likeness (QED) is 0.625. The van der Waals surface area contributed by atoms with Crippen LogP contribution in [0.15, 0.2) is 24.5 Å². The van der Waals surface area contributed by atoms with Crippen LogP contribution in [0.25, 0.3) is 20.3 Å². The Morgan fingerprint density at radius 1 is 1.09 bits per heavy atom. The van der Waals surface area contributed by atoms with Crippen LogP contribution in [0.2, 0.25) is 0 Å². The lowest BCUT2D eigenvalue weighted by Crippen LogP contribution is -2.43. The summed E-state index contributed by atoms with van der Waals surface area (Å²) >= 11 is 1.54. The lowest BCUT2D eigenvalue weighted by atomic mass is 9.96. The minimum Gasteiger partial charge on any atom is -0.355 e. The number of piperidine rings is 1. The fourth-order valence-corrected chi connectivity index (χ4v) is 6.17. The van der Waals surface area contributed by atoms with Crippen molar-refractivity contribution in [3.8, 4) is 0 Å². The summed E-state index contributed by atoms with van der Waals surface area (Å²) in [7, 11) is 0. The van der Waals surface area contributed by atoms with Crippen molar-refractivity contribution in [2.75, 3.05) is 44.2 Å². The van der Waals surface area contributed by atoms with Crippen LogP contribution in [0.3, 0.4) is 0 Å². The van der Waals surface area contributed by atoms with Crippen molar-refractivity contribution < 1.29 is 9.18 Å². The summed E-state index contributed by atoms with van der Waals surface area (Å²) in [6.07, 6.45) is 8.34. The van der Waals surface area contributed by atoms with Crippen LogP contribution < -0.4 is 10.2 Å². The molecule has 2 aromatic heterocycles. The first kappa shape index (κ1) is 21.5. The van der Waals surface area contributed by atoms with Gasteiger partial charge in [-0.1, -0.05) is 18.9 Å². The number of carbonyl (C=O) groups excluding carboxylic acids is 1. The van der Waals surface area contributed by atoms with Crippen LogP contribution in [0, 0.1) is 11.7 Å². The lowest BCUT2D eigenvalue weighted by molar-refractivity contribution is -0.125. The van der Waals surface area contributed by atoms with Gasteiger partial charge in [0.2, 0.25) is 5.91 Å². The first-order chi connectivity index (χ1) is 15.7.